The first-order valence-corrected chi connectivity index (χ1v) is 5.91. The highest BCUT2D eigenvalue weighted by Gasteiger charge is 2.29. The summed E-state index contributed by atoms with van der Waals surface area (Å²) in [7, 11) is 0. The molecule has 3 nitrogen and oxygen atoms in total. The first-order chi connectivity index (χ1) is 7.69. The van der Waals surface area contributed by atoms with Crippen LogP contribution in [0.1, 0.15) is 45.9 Å². The van der Waals surface area contributed by atoms with Gasteiger partial charge in [0.15, 0.2) is 0 Å². The normalized spacial score (nSPS) is 15.2. The molecule has 0 aliphatic carbocycles. The molecular formula is C13H18N2O. The van der Waals surface area contributed by atoms with Crippen LogP contribution in [0.4, 0.5) is 0 Å². The zero-order chi connectivity index (χ0) is 11.6. The summed E-state index contributed by atoms with van der Waals surface area (Å²) in [6, 6.07) is 3.83. The van der Waals surface area contributed by atoms with Crippen LogP contribution in [0.25, 0.3) is 11.2 Å². The third kappa shape index (κ3) is 1.82. The quantitative estimate of drug-likeness (QED) is 0.785. The molecule has 2 aromatic rings. The Morgan fingerprint density at radius 1 is 1.38 bits per heavy atom. The molecule has 1 atom stereocenters. The summed E-state index contributed by atoms with van der Waals surface area (Å²) in [6.45, 7) is 6.58. The van der Waals surface area contributed by atoms with E-state index in [0.717, 1.165) is 30.7 Å². The largest absolute Gasteiger partial charge is 0.422 e. The minimum absolute atomic E-state index is 0.0372. The summed E-state index contributed by atoms with van der Waals surface area (Å²) in [5, 5.41) is 0. The Balaban J connectivity index is 2.45. The molecule has 2 aromatic heterocycles. The van der Waals surface area contributed by atoms with Crippen molar-refractivity contribution in [3.05, 3.63) is 24.2 Å². The Hall–Kier alpha value is -1.38. The van der Waals surface area contributed by atoms with Gasteiger partial charge in [0.1, 0.15) is 5.52 Å². The van der Waals surface area contributed by atoms with Gasteiger partial charge in [-0.1, -0.05) is 27.2 Å². The highest BCUT2D eigenvalue weighted by atomic mass is 16.4. The van der Waals surface area contributed by atoms with Gasteiger partial charge in [0.2, 0.25) is 11.6 Å². The van der Waals surface area contributed by atoms with Crippen LogP contribution in [0.5, 0.6) is 0 Å². The number of rotatable bonds is 4. The third-order valence-corrected chi connectivity index (χ3v) is 3.26. The lowest BCUT2D eigenvalue weighted by Crippen LogP contribution is -2.20. The van der Waals surface area contributed by atoms with Gasteiger partial charge in [-0.2, -0.15) is 0 Å². The maximum Gasteiger partial charge on any atom is 0.246 e. The van der Waals surface area contributed by atoms with E-state index >= 15 is 0 Å². The van der Waals surface area contributed by atoms with E-state index in [-0.39, 0.29) is 5.41 Å². The van der Waals surface area contributed by atoms with Crippen molar-refractivity contribution < 1.29 is 4.42 Å². The molecule has 3 heteroatoms. The van der Waals surface area contributed by atoms with Crippen molar-refractivity contribution in [3.63, 3.8) is 0 Å². The molecule has 0 aromatic carbocycles. The molecule has 0 N–H and O–H groups in total. The van der Waals surface area contributed by atoms with Gasteiger partial charge in [-0.05, 0) is 25.0 Å². The number of nitrogens with zero attached hydrogens (tertiary/aromatic N) is 2. The van der Waals surface area contributed by atoms with Gasteiger partial charge in [-0.3, -0.25) is 0 Å². The summed E-state index contributed by atoms with van der Waals surface area (Å²) in [5.74, 6) is 0.825. The molecule has 1 unspecified atom stereocenters. The van der Waals surface area contributed by atoms with E-state index in [1.165, 1.54) is 0 Å². The van der Waals surface area contributed by atoms with Crippen molar-refractivity contribution in [2.75, 3.05) is 0 Å². The Bertz CT molecular complexity index is 444. The van der Waals surface area contributed by atoms with Crippen molar-refractivity contribution in [2.45, 2.75) is 45.4 Å². The Morgan fingerprint density at radius 3 is 2.81 bits per heavy atom. The number of fused-ring (bicyclic) bond motifs is 1. The second kappa shape index (κ2) is 4.24. The van der Waals surface area contributed by atoms with Crippen LogP contribution in [0.2, 0.25) is 0 Å². The van der Waals surface area contributed by atoms with Gasteiger partial charge >= 0.3 is 0 Å². The van der Waals surface area contributed by atoms with Gasteiger partial charge in [-0.25, -0.2) is 9.97 Å². The first kappa shape index (κ1) is 11.1. The van der Waals surface area contributed by atoms with E-state index in [0.29, 0.717) is 5.71 Å². The first-order valence-electron chi connectivity index (χ1n) is 5.91. The molecule has 0 spiro atoms. The Kier molecular flexibility index (Phi) is 2.95. The average Bonchev–Trinajstić information content (AvgIpc) is 2.73. The lowest BCUT2D eigenvalue weighted by atomic mass is 9.83. The van der Waals surface area contributed by atoms with Crippen LogP contribution in [-0.4, -0.2) is 9.97 Å². The molecule has 0 saturated heterocycles. The van der Waals surface area contributed by atoms with Gasteiger partial charge in [-0.15, -0.1) is 0 Å². The minimum atomic E-state index is 0.0372. The second-order valence-electron chi connectivity index (χ2n) is 4.51. The second-order valence-corrected chi connectivity index (χ2v) is 4.51. The number of hydrogen-bond donors (Lipinski definition) is 0. The molecule has 86 valence electrons. The molecule has 2 heterocycles. The molecule has 0 bridgehead atoms. The summed E-state index contributed by atoms with van der Waals surface area (Å²) >= 11 is 0. The predicted molar refractivity (Wildman–Crippen MR) is 64.4 cm³/mol. The number of hydrogen-bond acceptors (Lipinski definition) is 3. The highest BCUT2D eigenvalue weighted by Crippen LogP contribution is 2.33. The number of pyridine rings is 1. The van der Waals surface area contributed by atoms with Crippen molar-refractivity contribution in [1.29, 1.82) is 0 Å². The molecule has 0 fully saturated rings. The zero-order valence-electron chi connectivity index (χ0n) is 10.2. The van der Waals surface area contributed by atoms with E-state index in [2.05, 4.69) is 30.7 Å². The summed E-state index contributed by atoms with van der Waals surface area (Å²) in [6.07, 6.45) is 5.00. The SMILES string of the molecule is CCCC(C)(CC)c1nc2cccnc2o1. The summed E-state index contributed by atoms with van der Waals surface area (Å²) in [5.41, 5.74) is 1.54. The fourth-order valence-corrected chi connectivity index (χ4v) is 2.01. The van der Waals surface area contributed by atoms with Crippen LogP contribution in [-0.2, 0) is 5.41 Å². The van der Waals surface area contributed by atoms with Crippen molar-refractivity contribution in [3.8, 4) is 0 Å². The molecule has 16 heavy (non-hydrogen) atoms. The van der Waals surface area contributed by atoms with Crippen molar-refractivity contribution in [1.82, 2.24) is 9.97 Å². The van der Waals surface area contributed by atoms with E-state index in [4.69, 9.17) is 4.42 Å². The van der Waals surface area contributed by atoms with E-state index in [1.807, 2.05) is 12.1 Å². The fourth-order valence-electron chi connectivity index (χ4n) is 2.01. The zero-order valence-corrected chi connectivity index (χ0v) is 10.2. The smallest absolute Gasteiger partial charge is 0.246 e. The van der Waals surface area contributed by atoms with Crippen LogP contribution < -0.4 is 0 Å². The van der Waals surface area contributed by atoms with Gasteiger partial charge < -0.3 is 4.42 Å². The lowest BCUT2D eigenvalue weighted by molar-refractivity contribution is 0.320. The van der Waals surface area contributed by atoms with E-state index in [9.17, 15) is 0 Å². The molecule has 0 aliphatic rings. The van der Waals surface area contributed by atoms with Gasteiger partial charge in [0.25, 0.3) is 0 Å². The predicted octanol–water partition coefficient (Wildman–Crippen LogP) is 3.69. The molecule has 0 amide bonds. The van der Waals surface area contributed by atoms with Crippen LogP contribution in [0, 0.1) is 0 Å². The molecule has 0 radical (unpaired) electrons. The maximum atomic E-state index is 5.75. The van der Waals surface area contributed by atoms with Crippen molar-refractivity contribution in [2.24, 2.45) is 0 Å². The molecule has 0 aliphatic heterocycles. The van der Waals surface area contributed by atoms with Gasteiger partial charge in [0, 0.05) is 11.6 Å². The Morgan fingerprint density at radius 2 is 2.19 bits per heavy atom. The minimum Gasteiger partial charge on any atom is -0.422 e. The molecule has 2 rings (SSSR count). The fraction of sp³-hybridized carbons (Fsp3) is 0.538. The molecule has 0 saturated carbocycles. The number of oxazole rings is 1. The summed E-state index contributed by atoms with van der Waals surface area (Å²) < 4.78 is 5.75. The lowest BCUT2D eigenvalue weighted by Gasteiger charge is -2.23. The molecular weight excluding hydrogens is 200 g/mol. The highest BCUT2D eigenvalue weighted by molar-refractivity contribution is 5.67. The van der Waals surface area contributed by atoms with Gasteiger partial charge in [0.05, 0.1) is 0 Å². The maximum absolute atomic E-state index is 5.75. The van der Waals surface area contributed by atoms with Crippen LogP contribution in [0.3, 0.4) is 0 Å². The average molecular weight is 218 g/mol. The summed E-state index contributed by atoms with van der Waals surface area (Å²) in [4.78, 5) is 8.73. The topological polar surface area (TPSA) is 38.9 Å². The van der Waals surface area contributed by atoms with Crippen molar-refractivity contribution >= 4 is 11.2 Å². The number of aromatic nitrogens is 2. The standard InChI is InChI=1S/C13H18N2O/c1-4-8-13(3,5-2)12-15-10-7-6-9-14-11(10)16-12/h6-7,9H,4-5,8H2,1-3H3. The van der Waals surface area contributed by atoms with Crippen LogP contribution >= 0.6 is 0 Å². The van der Waals surface area contributed by atoms with Crippen LogP contribution in [0.15, 0.2) is 22.7 Å². The van der Waals surface area contributed by atoms with E-state index < -0.39 is 0 Å². The monoisotopic (exact) mass is 218 g/mol. The van der Waals surface area contributed by atoms with E-state index in [1.54, 1.807) is 6.20 Å². The third-order valence-electron chi connectivity index (χ3n) is 3.26. The Labute approximate surface area is 95.9 Å².